The van der Waals surface area contributed by atoms with E-state index in [9.17, 15) is 4.79 Å². The molecule has 1 atom stereocenters. The normalized spacial score (nSPS) is 12.4. The van der Waals surface area contributed by atoms with Gasteiger partial charge in [-0.05, 0) is 50.5 Å². The van der Waals surface area contributed by atoms with E-state index in [-0.39, 0.29) is 11.9 Å². The van der Waals surface area contributed by atoms with Crippen molar-refractivity contribution in [1.82, 2.24) is 10.1 Å². The molecule has 3 aromatic rings. The molecule has 1 unspecified atom stereocenters. The number of carbonyl (C=O) groups is 1. The number of nitrogens with two attached hydrogens (primary N) is 1. The van der Waals surface area contributed by atoms with Crippen LogP contribution in [0.25, 0.3) is 11.1 Å². The van der Waals surface area contributed by atoms with Gasteiger partial charge in [0.1, 0.15) is 11.5 Å². The zero-order valence-electron chi connectivity index (χ0n) is 15.9. The molecule has 27 heavy (non-hydrogen) atoms. The molecule has 0 aliphatic rings. The van der Waals surface area contributed by atoms with E-state index >= 15 is 0 Å². The summed E-state index contributed by atoms with van der Waals surface area (Å²) in [6.45, 7) is 6.92. The Morgan fingerprint density at radius 1 is 1.26 bits per heavy atom. The molecule has 0 saturated heterocycles. The van der Waals surface area contributed by atoms with Crippen LogP contribution in [0, 0.1) is 13.8 Å². The van der Waals surface area contributed by atoms with Crippen molar-refractivity contribution in [3.63, 3.8) is 0 Å². The molecule has 2 aromatic heterocycles. The summed E-state index contributed by atoms with van der Waals surface area (Å²) < 4.78 is 10.7. The van der Waals surface area contributed by atoms with Crippen LogP contribution < -0.4 is 5.73 Å². The number of nitrogens with zero attached hydrogens (tertiary/aromatic N) is 2. The average molecular weight is 367 g/mol. The Balaban J connectivity index is 1.75. The van der Waals surface area contributed by atoms with Crippen LogP contribution in [0.5, 0.6) is 0 Å². The maximum Gasteiger partial charge on any atom is 0.234 e. The van der Waals surface area contributed by atoms with Crippen molar-refractivity contribution in [2.24, 2.45) is 5.73 Å². The van der Waals surface area contributed by atoms with Crippen LogP contribution in [0.15, 0.2) is 51.6 Å². The van der Waals surface area contributed by atoms with E-state index in [0.29, 0.717) is 13.1 Å². The first-order valence-corrected chi connectivity index (χ1v) is 9.03. The third kappa shape index (κ3) is 4.46. The fourth-order valence-electron chi connectivity index (χ4n) is 3.24. The second kappa shape index (κ2) is 8.22. The number of hydrogen-bond donors (Lipinski definition) is 1. The van der Waals surface area contributed by atoms with Crippen LogP contribution >= 0.6 is 0 Å². The van der Waals surface area contributed by atoms with E-state index in [2.05, 4.69) is 23.4 Å². The quantitative estimate of drug-likeness (QED) is 0.659. The fraction of sp³-hybridized carbons (Fsp3) is 0.333. The number of aromatic nitrogens is 1. The first-order chi connectivity index (χ1) is 13.0. The molecule has 0 saturated carbocycles. The number of amides is 1. The number of rotatable bonds is 8. The monoisotopic (exact) mass is 367 g/mol. The molecular weight excluding hydrogens is 342 g/mol. The summed E-state index contributed by atoms with van der Waals surface area (Å²) in [6, 6.07) is 11.7. The summed E-state index contributed by atoms with van der Waals surface area (Å²) >= 11 is 0. The van der Waals surface area contributed by atoms with Crippen molar-refractivity contribution < 1.29 is 13.7 Å². The number of furan rings is 1. The van der Waals surface area contributed by atoms with E-state index in [1.165, 1.54) is 5.56 Å². The summed E-state index contributed by atoms with van der Waals surface area (Å²) in [5, 5.41) is 4.04. The van der Waals surface area contributed by atoms with Gasteiger partial charge in [-0.15, -0.1) is 0 Å². The van der Waals surface area contributed by atoms with Crippen LogP contribution in [0.4, 0.5) is 0 Å². The molecule has 0 spiro atoms. The molecular formula is C21H25N3O3. The van der Waals surface area contributed by atoms with Crippen LogP contribution in [0.3, 0.4) is 0 Å². The highest BCUT2D eigenvalue weighted by Gasteiger charge is 2.20. The third-order valence-corrected chi connectivity index (χ3v) is 4.84. The molecule has 1 amide bonds. The summed E-state index contributed by atoms with van der Waals surface area (Å²) in [5.41, 5.74) is 9.71. The topological polar surface area (TPSA) is 85.5 Å². The Morgan fingerprint density at radius 2 is 2.07 bits per heavy atom. The Morgan fingerprint density at radius 3 is 2.70 bits per heavy atom. The summed E-state index contributed by atoms with van der Waals surface area (Å²) in [7, 11) is 0. The molecule has 0 aliphatic carbocycles. The smallest absolute Gasteiger partial charge is 0.234 e. The minimum Gasteiger partial charge on any atom is -0.468 e. The molecule has 0 radical (unpaired) electrons. The van der Waals surface area contributed by atoms with Crippen LogP contribution in [0.2, 0.25) is 0 Å². The lowest BCUT2D eigenvalue weighted by atomic mass is 10.0. The van der Waals surface area contributed by atoms with Gasteiger partial charge in [-0.25, -0.2) is 0 Å². The third-order valence-electron chi connectivity index (χ3n) is 4.84. The van der Waals surface area contributed by atoms with Crippen LogP contribution in [-0.2, 0) is 17.8 Å². The molecule has 0 fully saturated rings. The predicted octanol–water partition coefficient (Wildman–Crippen LogP) is 3.47. The molecule has 2 heterocycles. The summed E-state index contributed by atoms with van der Waals surface area (Å²) in [4.78, 5) is 13.7. The average Bonchev–Trinajstić information content (AvgIpc) is 3.27. The second-order valence-corrected chi connectivity index (χ2v) is 6.78. The van der Waals surface area contributed by atoms with Gasteiger partial charge >= 0.3 is 0 Å². The first-order valence-electron chi connectivity index (χ1n) is 9.03. The van der Waals surface area contributed by atoms with Crippen molar-refractivity contribution in [1.29, 1.82) is 0 Å². The van der Waals surface area contributed by atoms with E-state index in [1.54, 1.807) is 6.26 Å². The van der Waals surface area contributed by atoms with Crippen molar-refractivity contribution in [3.05, 3.63) is 65.4 Å². The van der Waals surface area contributed by atoms with Gasteiger partial charge in [0.05, 0.1) is 24.5 Å². The molecule has 2 N–H and O–H groups in total. The molecule has 3 rings (SSSR count). The number of carbonyl (C=O) groups excluding carboxylic acids is 1. The first kappa shape index (κ1) is 18.9. The molecule has 6 heteroatoms. The lowest BCUT2D eigenvalue weighted by Crippen LogP contribution is -2.43. The minimum absolute atomic E-state index is 0.342. The van der Waals surface area contributed by atoms with E-state index in [0.717, 1.165) is 34.8 Å². The van der Waals surface area contributed by atoms with Crippen molar-refractivity contribution >= 4 is 5.91 Å². The van der Waals surface area contributed by atoms with Gasteiger partial charge in [-0.2, -0.15) is 0 Å². The van der Waals surface area contributed by atoms with Gasteiger partial charge < -0.3 is 14.7 Å². The summed E-state index contributed by atoms with van der Waals surface area (Å²) in [6.07, 6.45) is 2.42. The van der Waals surface area contributed by atoms with E-state index in [4.69, 9.17) is 14.7 Å². The van der Waals surface area contributed by atoms with Crippen molar-refractivity contribution in [2.75, 3.05) is 6.54 Å². The van der Waals surface area contributed by atoms with Gasteiger partial charge in [0, 0.05) is 12.1 Å². The van der Waals surface area contributed by atoms with Crippen molar-refractivity contribution in [3.8, 4) is 11.1 Å². The van der Waals surface area contributed by atoms with Gasteiger partial charge in [-0.1, -0.05) is 29.4 Å². The van der Waals surface area contributed by atoms with Crippen LogP contribution in [0.1, 0.15) is 29.7 Å². The van der Waals surface area contributed by atoms with Gasteiger partial charge in [0.2, 0.25) is 5.91 Å². The number of primary amides is 1. The molecule has 142 valence electrons. The maximum atomic E-state index is 11.7. The molecule has 0 bridgehead atoms. The van der Waals surface area contributed by atoms with Gasteiger partial charge in [-0.3, -0.25) is 9.69 Å². The Kier molecular flexibility index (Phi) is 5.76. The minimum atomic E-state index is -0.374. The molecule has 1 aromatic carbocycles. The molecule has 6 nitrogen and oxygen atoms in total. The summed E-state index contributed by atoms with van der Waals surface area (Å²) in [5.74, 6) is 1.28. The number of hydrogen-bond acceptors (Lipinski definition) is 5. The maximum absolute atomic E-state index is 11.7. The zero-order chi connectivity index (χ0) is 19.4. The predicted molar refractivity (Wildman–Crippen MR) is 103 cm³/mol. The van der Waals surface area contributed by atoms with Gasteiger partial charge in [0.25, 0.3) is 0 Å². The van der Waals surface area contributed by atoms with Gasteiger partial charge in [0.15, 0.2) is 0 Å². The Hall–Kier alpha value is -2.86. The molecule has 0 aliphatic heterocycles. The highest BCUT2D eigenvalue weighted by molar-refractivity contribution is 5.79. The van der Waals surface area contributed by atoms with E-state index < -0.39 is 0 Å². The Bertz CT molecular complexity index is 880. The highest BCUT2D eigenvalue weighted by atomic mass is 16.5. The van der Waals surface area contributed by atoms with E-state index in [1.807, 2.05) is 43.9 Å². The zero-order valence-corrected chi connectivity index (χ0v) is 15.9. The second-order valence-electron chi connectivity index (χ2n) is 6.78. The largest absolute Gasteiger partial charge is 0.468 e. The number of aryl methyl sites for hydroxylation is 2. The lowest BCUT2D eigenvalue weighted by molar-refractivity contribution is -0.122. The fourth-order valence-corrected chi connectivity index (χ4v) is 3.24. The lowest BCUT2D eigenvalue weighted by Gasteiger charge is -2.26. The SMILES string of the molecule is Cc1noc(C)c1-c1cccc(CCN(Cc2ccco2)C(C)C(N)=O)c1. The van der Waals surface area contributed by atoms with Crippen LogP contribution in [-0.4, -0.2) is 28.6 Å². The number of benzene rings is 1. The Labute approximate surface area is 158 Å². The standard InChI is InChI=1S/C21H25N3O3/c1-14-20(16(3)27-23-14)18-7-4-6-17(12-18)9-10-24(15(2)21(22)25)13-19-8-5-11-26-19/h4-8,11-12,15H,9-10,13H2,1-3H3,(H2,22,25). The van der Waals surface area contributed by atoms with Crippen molar-refractivity contribution in [2.45, 2.75) is 39.8 Å². The highest BCUT2D eigenvalue weighted by Crippen LogP contribution is 2.27.